The Morgan fingerprint density at radius 2 is 1.67 bits per heavy atom. The summed E-state index contributed by atoms with van der Waals surface area (Å²) in [5, 5.41) is 6.26. The molecule has 0 spiro atoms. The van der Waals surface area contributed by atoms with Gasteiger partial charge in [-0.2, -0.15) is 0 Å². The summed E-state index contributed by atoms with van der Waals surface area (Å²) in [6.07, 6.45) is 5.23. The van der Waals surface area contributed by atoms with Crippen molar-refractivity contribution in [2.75, 3.05) is 21.1 Å². The fourth-order valence-corrected chi connectivity index (χ4v) is 4.11. The van der Waals surface area contributed by atoms with Gasteiger partial charge in [-0.3, -0.25) is 0 Å². The standard InChI is InChI=1S/C19H26N2/c1-20-18(19(21(2)3)12-6-7-13-19)17-11-10-15-8-4-5-9-16(15)14-17/h4-5,8-11,14,18,20H,6-7,12-13H2,1-3H3. The first-order valence-electron chi connectivity index (χ1n) is 8.01. The van der Waals surface area contributed by atoms with Crippen LogP contribution in [0.3, 0.4) is 0 Å². The zero-order valence-corrected chi connectivity index (χ0v) is 13.4. The van der Waals surface area contributed by atoms with Crippen molar-refractivity contribution in [1.29, 1.82) is 0 Å². The van der Waals surface area contributed by atoms with E-state index in [0.717, 1.165) is 0 Å². The molecule has 2 aromatic carbocycles. The Morgan fingerprint density at radius 3 is 2.29 bits per heavy atom. The summed E-state index contributed by atoms with van der Waals surface area (Å²) in [7, 11) is 6.57. The monoisotopic (exact) mass is 282 g/mol. The molecule has 1 aliphatic carbocycles. The van der Waals surface area contributed by atoms with Gasteiger partial charge in [0.2, 0.25) is 0 Å². The minimum atomic E-state index is 0.247. The molecule has 2 nitrogen and oxygen atoms in total. The molecule has 0 bridgehead atoms. The van der Waals surface area contributed by atoms with Crippen molar-refractivity contribution in [2.24, 2.45) is 0 Å². The molecule has 1 unspecified atom stereocenters. The van der Waals surface area contributed by atoms with Gasteiger partial charge >= 0.3 is 0 Å². The topological polar surface area (TPSA) is 15.3 Å². The molecule has 0 radical (unpaired) electrons. The third-order valence-corrected chi connectivity index (χ3v) is 5.29. The Balaban J connectivity index is 2.04. The summed E-state index contributed by atoms with van der Waals surface area (Å²) < 4.78 is 0. The quantitative estimate of drug-likeness (QED) is 0.912. The largest absolute Gasteiger partial charge is 0.311 e. The summed E-state index contributed by atoms with van der Waals surface area (Å²) >= 11 is 0. The van der Waals surface area contributed by atoms with Crippen LogP contribution in [-0.4, -0.2) is 31.6 Å². The van der Waals surface area contributed by atoms with Crippen LogP contribution in [0.25, 0.3) is 10.8 Å². The van der Waals surface area contributed by atoms with E-state index >= 15 is 0 Å². The molecule has 1 N–H and O–H groups in total. The molecule has 0 amide bonds. The van der Waals surface area contributed by atoms with Crippen molar-refractivity contribution in [1.82, 2.24) is 10.2 Å². The van der Waals surface area contributed by atoms with E-state index in [1.165, 1.54) is 42.0 Å². The number of hydrogen-bond donors (Lipinski definition) is 1. The molecule has 21 heavy (non-hydrogen) atoms. The smallest absolute Gasteiger partial charge is 0.0504 e. The van der Waals surface area contributed by atoms with Gasteiger partial charge in [-0.25, -0.2) is 0 Å². The summed E-state index contributed by atoms with van der Waals surface area (Å²) in [4.78, 5) is 2.44. The van der Waals surface area contributed by atoms with Crippen molar-refractivity contribution in [3.05, 3.63) is 48.0 Å². The lowest BCUT2D eigenvalue weighted by atomic mass is 9.82. The van der Waals surface area contributed by atoms with E-state index in [2.05, 4.69) is 73.8 Å². The number of benzene rings is 2. The highest BCUT2D eigenvalue weighted by Crippen LogP contribution is 2.43. The SMILES string of the molecule is CNC(c1ccc2ccccc2c1)C1(N(C)C)CCCC1. The van der Waals surface area contributed by atoms with Gasteiger partial charge < -0.3 is 10.2 Å². The van der Waals surface area contributed by atoms with Gasteiger partial charge in [-0.1, -0.05) is 49.2 Å². The Kier molecular flexibility index (Phi) is 4.01. The summed E-state index contributed by atoms with van der Waals surface area (Å²) in [5.41, 5.74) is 1.66. The first kappa shape index (κ1) is 14.6. The maximum Gasteiger partial charge on any atom is 0.0504 e. The van der Waals surface area contributed by atoms with Crippen LogP contribution in [0, 0.1) is 0 Å². The van der Waals surface area contributed by atoms with Crippen molar-refractivity contribution < 1.29 is 0 Å². The molecule has 1 atom stereocenters. The molecule has 112 valence electrons. The summed E-state index contributed by atoms with van der Waals surface area (Å²) in [6, 6.07) is 15.9. The van der Waals surface area contributed by atoms with Crippen molar-refractivity contribution in [3.8, 4) is 0 Å². The molecular formula is C19H26N2. The van der Waals surface area contributed by atoms with Crippen molar-refractivity contribution in [2.45, 2.75) is 37.3 Å². The third kappa shape index (κ3) is 2.47. The van der Waals surface area contributed by atoms with Crippen LogP contribution < -0.4 is 5.32 Å². The van der Waals surface area contributed by atoms with Crippen LogP contribution in [0.15, 0.2) is 42.5 Å². The average molecular weight is 282 g/mol. The van der Waals surface area contributed by atoms with E-state index in [4.69, 9.17) is 0 Å². The van der Waals surface area contributed by atoms with E-state index in [1.807, 2.05) is 0 Å². The number of fused-ring (bicyclic) bond motifs is 1. The lowest BCUT2D eigenvalue weighted by Gasteiger charge is -2.43. The van der Waals surface area contributed by atoms with Crippen molar-refractivity contribution >= 4 is 10.8 Å². The fourth-order valence-electron chi connectivity index (χ4n) is 4.11. The molecule has 1 aliphatic rings. The highest BCUT2D eigenvalue weighted by molar-refractivity contribution is 5.83. The maximum atomic E-state index is 3.61. The second kappa shape index (κ2) is 5.78. The molecule has 0 aliphatic heterocycles. The highest BCUT2D eigenvalue weighted by atomic mass is 15.2. The molecule has 1 saturated carbocycles. The molecular weight excluding hydrogens is 256 g/mol. The molecule has 1 fully saturated rings. The zero-order valence-electron chi connectivity index (χ0n) is 13.4. The van der Waals surface area contributed by atoms with E-state index in [9.17, 15) is 0 Å². The number of likely N-dealkylation sites (N-methyl/N-ethyl adjacent to an activating group) is 2. The Bertz CT molecular complexity index is 612. The fraction of sp³-hybridized carbons (Fsp3) is 0.474. The molecule has 3 rings (SSSR count). The normalized spacial score (nSPS) is 19.2. The van der Waals surface area contributed by atoms with Crippen LogP contribution in [0.5, 0.6) is 0 Å². The molecule has 0 saturated heterocycles. The van der Waals surface area contributed by atoms with Gasteiger partial charge in [-0.15, -0.1) is 0 Å². The molecule has 2 aromatic rings. The molecule has 0 aromatic heterocycles. The Hall–Kier alpha value is -1.38. The van der Waals surface area contributed by atoms with Gasteiger partial charge in [0.05, 0.1) is 6.04 Å². The lowest BCUT2D eigenvalue weighted by molar-refractivity contribution is 0.109. The number of nitrogens with one attached hydrogen (secondary N) is 1. The second-order valence-electron chi connectivity index (χ2n) is 6.53. The summed E-state index contributed by atoms with van der Waals surface area (Å²) in [6.45, 7) is 0. The van der Waals surface area contributed by atoms with E-state index in [1.54, 1.807) is 0 Å². The predicted octanol–water partition coefficient (Wildman–Crippen LogP) is 3.97. The van der Waals surface area contributed by atoms with E-state index in [0.29, 0.717) is 6.04 Å². The highest BCUT2D eigenvalue weighted by Gasteiger charge is 2.43. The predicted molar refractivity (Wildman–Crippen MR) is 90.6 cm³/mol. The van der Waals surface area contributed by atoms with Crippen LogP contribution in [-0.2, 0) is 0 Å². The van der Waals surface area contributed by atoms with Crippen LogP contribution in [0.1, 0.15) is 37.3 Å². The number of rotatable bonds is 4. The minimum Gasteiger partial charge on any atom is -0.311 e. The number of hydrogen-bond acceptors (Lipinski definition) is 2. The first-order chi connectivity index (χ1) is 10.2. The molecule has 0 heterocycles. The van der Waals surface area contributed by atoms with Crippen LogP contribution in [0.2, 0.25) is 0 Å². The van der Waals surface area contributed by atoms with E-state index < -0.39 is 0 Å². The van der Waals surface area contributed by atoms with Gasteiger partial charge in [0.1, 0.15) is 0 Å². The van der Waals surface area contributed by atoms with Gasteiger partial charge in [0.15, 0.2) is 0 Å². The molecule has 2 heteroatoms. The van der Waals surface area contributed by atoms with Crippen molar-refractivity contribution in [3.63, 3.8) is 0 Å². The van der Waals surface area contributed by atoms with Gasteiger partial charge in [0, 0.05) is 5.54 Å². The maximum absolute atomic E-state index is 3.61. The van der Waals surface area contributed by atoms with Crippen LogP contribution in [0.4, 0.5) is 0 Å². The third-order valence-electron chi connectivity index (χ3n) is 5.29. The van der Waals surface area contributed by atoms with Gasteiger partial charge in [0.25, 0.3) is 0 Å². The first-order valence-corrected chi connectivity index (χ1v) is 8.01. The lowest BCUT2D eigenvalue weighted by Crippen LogP contribution is -2.51. The minimum absolute atomic E-state index is 0.247. The number of nitrogens with zero attached hydrogens (tertiary/aromatic N) is 1. The zero-order chi connectivity index (χ0) is 14.9. The Labute approximate surface area is 128 Å². The van der Waals surface area contributed by atoms with E-state index in [-0.39, 0.29) is 5.54 Å². The summed E-state index contributed by atoms with van der Waals surface area (Å²) in [5.74, 6) is 0. The van der Waals surface area contributed by atoms with Crippen LogP contribution >= 0.6 is 0 Å². The average Bonchev–Trinajstić information content (AvgIpc) is 2.99. The van der Waals surface area contributed by atoms with Gasteiger partial charge in [-0.05, 0) is 56.4 Å². The Morgan fingerprint density at radius 1 is 1.00 bits per heavy atom. The second-order valence-corrected chi connectivity index (χ2v) is 6.53.